The van der Waals surface area contributed by atoms with E-state index in [1.165, 1.54) is 6.20 Å². The van der Waals surface area contributed by atoms with Crippen LogP contribution in [0.4, 0.5) is 0 Å². The molecule has 0 atom stereocenters. The predicted molar refractivity (Wildman–Crippen MR) is 48.8 cm³/mol. The molecule has 0 aromatic carbocycles. The Morgan fingerprint density at radius 1 is 1.31 bits per heavy atom. The lowest BCUT2D eigenvalue weighted by Gasteiger charge is -2.07. The first-order valence-electron chi connectivity index (χ1n) is 4.73. The first-order chi connectivity index (χ1) is 7.54. The maximum Gasteiger partial charge on any atom is 0.0833 e. The predicted octanol–water partition coefficient (Wildman–Crippen LogP) is -2.52. The Hall–Kier alpha value is -1.82. The number of H-pyrrole nitrogens is 1. The molecule has 6 nitrogen and oxygen atoms in total. The summed E-state index contributed by atoms with van der Waals surface area (Å²) in [4.78, 5) is 23.5. The third-order valence-corrected chi connectivity index (χ3v) is 2.25. The number of carboxylic acid groups (broad SMARTS) is 2. The van der Waals surface area contributed by atoms with Gasteiger partial charge in [0.05, 0.1) is 6.61 Å². The van der Waals surface area contributed by atoms with Gasteiger partial charge in [0.1, 0.15) is 0 Å². The van der Waals surface area contributed by atoms with E-state index < -0.39 is 11.9 Å². The first kappa shape index (κ1) is 12.3. The van der Waals surface area contributed by atoms with Gasteiger partial charge < -0.3 is 29.9 Å². The number of hydrogen-bond donors (Lipinski definition) is 2. The molecule has 0 saturated carbocycles. The van der Waals surface area contributed by atoms with Crippen LogP contribution in [0.3, 0.4) is 0 Å². The summed E-state index contributed by atoms with van der Waals surface area (Å²) in [7, 11) is 0. The van der Waals surface area contributed by atoms with Crippen LogP contribution >= 0.6 is 0 Å². The molecule has 0 amide bonds. The summed E-state index contributed by atoms with van der Waals surface area (Å²) in [6.07, 6.45) is 1.12. The number of carbonyl (C=O) groups is 2. The van der Waals surface area contributed by atoms with Gasteiger partial charge in [-0.1, -0.05) is 0 Å². The number of aromatic nitrogens is 1. The van der Waals surface area contributed by atoms with Crippen molar-refractivity contribution in [3.8, 4) is 0 Å². The van der Waals surface area contributed by atoms with E-state index in [9.17, 15) is 19.8 Å². The fourth-order valence-electron chi connectivity index (χ4n) is 1.51. The van der Waals surface area contributed by atoms with Crippen LogP contribution in [0.15, 0.2) is 6.20 Å². The molecule has 0 unspecified atom stereocenters. The number of aliphatic carboxylic acids is 2. The second-order valence-electron chi connectivity index (χ2n) is 3.35. The van der Waals surface area contributed by atoms with Crippen molar-refractivity contribution in [1.29, 1.82) is 0 Å². The third kappa shape index (κ3) is 3.09. The van der Waals surface area contributed by atoms with Crippen LogP contribution in [0, 0.1) is 0 Å². The van der Waals surface area contributed by atoms with Gasteiger partial charge in [-0.05, 0) is 24.0 Å². The van der Waals surface area contributed by atoms with Gasteiger partial charge in [0, 0.05) is 30.3 Å². The average molecular weight is 225 g/mol. The van der Waals surface area contributed by atoms with E-state index >= 15 is 0 Å². The summed E-state index contributed by atoms with van der Waals surface area (Å²) in [5.74, 6) is -2.48. The van der Waals surface area contributed by atoms with E-state index in [-0.39, 0.29) is 25.9 Å². The fraction of sp³-hybridized carbons (Fsp3) is 0.400. The van der Waals surface area contributed by atoms with Crippen molar-refractivity contribution in [1.82, 2.24) is 4.98 Å². The molecule has 1 rings (SSSR count). The molecule has 88 valence electrons. The maximum absolute atomic E-state index is 10.5. The van der Waals surface area contributed by atoms with Gasteiger partial charge >= 0.3 is 0 Å². The second-order valence-corrected chi connectivity index (χ2v) is 3.35. The highest BCUT2D eigenvalue weighted by Crippen LogP contribution is 2.16. The smallest absolute Gasteiger partial charge is 0.0833 e. The first-order valence-corrected chi connectivity index (χ1v) is 4.73. The van der Waals surface area contributed by atoms with Crippen LogP contribution < -0.4 is 10.2 Å². The summed E-state index contributed by atoms with van der Waals surface area (Å²) in [5.41, 5.74) is 1.32. The molecular weight excluding hydrogens is 214 g/mol. The van der Waals surface area contributed by atoms with Crippen molar-refractivity contribution < 1.29 is 24.9 Å². The zero-order valence-corrected chi connectivity index (χ0v) is 8.49. The lowest BCUT2D eigenvalue weighted by atomic mass is 10.0. The maximum atomic E-state index is 10.5. The number of carbonyl (C=O) groups excluding carboxylic acids is 2. The van der Waals surface area contributed by atoms with Crippen LogP contribution in [-0.4, -0.2) is 22.0 Å². The summed E-state index contributed by atoms with van der Waals surface area (Å²) < 4.78 is 0. The van der Waals surface area contributed by atoms with Gasteiger partial charge in [-0.15, -0.1) is 0 Å². The molecule has 1 aromatic heterocycles. The number of aromatic amines is 1. The molecule has 0 saturated heterocycles. The van der Waals surface area contributed by atoms with Crippen molar-refractivity contribution >= 4 is 11.9 Å². The van der Waals surface area contributed by atoms with E-state index in [0.29, 0.717) is 16.8 Å². The molecule has 0 radical (unpaired) electrons. The molecule has 16 heavy (non-hydrogen) atoms. The Morgan fingerprint density at radius 3 is 2.50 bits per heavy atom. The molecule has 6 heteroatoms. The second kappa shape index (κ2) is 5.32. The molecule has 2 N–H and O–H groups in total. The minimum Gasteiger partial charge on any atom is -0.550 e. The molecule has 0 spiro atoms. The quantitative estimate of drug-likeness (QED) is 0.554. The van der Waals surface area contributed by atoms with Gasteiger partial charge in [0.25, 0.3) is 0 Å². The number of rotatable bonds is 6. The summed E-state index contributed by atoms with van der Waals surface area (Å²) in [5, 5.41) is 29.7. The van der Waals surface area contributed by atoms with Crippen LogP contribution in [0.5, 0.6) is 0 Å². The lowest BCUT2D eigenvalue weighted by Crippen LogP contribution is -2.25. The van der Waals surface area contributed by atoms with Gasteiger partial charge in [-0.25, -0.2) is 0 Å². The molecule has 1 heterocycles. The minimum absolute atomic E-state index is 0.168. The zero-order valence-electron chi connectivity index (χ0n) is 8.49. The van der Waals surface area contributed by atoms with Crippen molar-refractivity contribution in [3.63, 3.8) is 0 Å². The molecular formula is C10H11NO5-2. The summed E-state index contributed by atoms with van der Waals surface area (Å²) >= 11 is 0. The number of aliphatic hydroxyl groups is 1. The normalized spacial score (nSPS) is 10.3. The Kier molecular flexibility index (Phi) is 4.07. The summed E-state index contributed by atoms with van der Waals surface area (Å²) in [6, 6.07) is 0. The van der Waals surface area contributed by atoms with E-state index in [4.69, 9.17) is 5.11 Å². The standard InChI is InChI=1S/C10H13NO5/c12-5-8-7(3-10(15)16)6(4-11-8)1-2-9(13)14/h4,11-12H,1-3,5H2,(H,13,14)(H,15,16)/p-2. The van der Waals surface area contributed by atoms with Crippen LogP contribution in [0.25, 0.3) is 0 Å². The summed E-state index contributed by atoms with van der Waals surface area (Å²) in [6.45, 7) is -0.325. The van der Waals surface area contributed by atoms with Crippen molar-refractivity contribution in [3.05, 3.63) is 23.0 Å². The van der Waals surface area contributed by atoms with Gasteiger partial charge in [0.15, 0.2) is 0 Å². The van der Waals surface area contributed by atoms with E-state index in [2.05, 4.69) is 4.98 Å². The Balaban J connectivity index is 2.86. The highest BCUT2D eigenvalue weighted by atomic mass is 16.4. The Morgan fingerprint density at radius 2 is 2.00 bits per heavy atom. The highest BCUT2D eigenvalue weighted by Gasteiger charge is 2.10. The average Bonchev–Trinajstić information content (AvgIpc) is 2.56. The van der Waals surface area contributed by atoms with Crippen molar-refractivity contribution in [2.45, 2.75) is 25.9 Å². The van der Waals surface area contributed by atoms with Gasteiger partial charge in [0.2, 0.25) is 0 Å². The molecule has 0 fully saturated rings. The van der Waals surface area contributed by atoms with Crippen LogP contribution in [-0.2, 0) is 29.0 Å². The minimum atomic E-state index is -1.27. The van der Waals surface area contributed by atoms with E-state index in [0.717, 1.165) is 0 Å². The molecule has 1 aromatic rings. The SMILES string of the molecule is O=C([O-])CCc1c[nH]c(CO)c1CC(=O)[O-]. The number of hydrogen-bond acceptors (Lipinski definition) is 5. The monoisotopic (exact) mass is 225 g/mol. The molecule has 0 aliphatic carbocycles. The van der Waals surface area contributed by atoms with Gasteiger partial charge in [-0.3, -0.25) is 0 Å². The van der Waals surface area contributed by atoms with Crippen LogP contribution in [0.1, 0.15) is 23.2 Å². The zero-order chi connectivity index (χ0) is 12.1. The van der Waals surface area contributed by atoms with E-state index in [1.54, 1.807) is 0 Å². The number of nitrogens with one attached hydrogen (secondary N) is 1. The largest absolute Gasteiger partial charge is 0.550 e. The topological polar surface area (TPSA) is 116 Å². The van der Waals surface area contributed by atoms with Crippen molar-refractivity contribution in [2.24, 2.45) is 0 Å². The van der Waals surface area contributed by atoms with E-state index in [1.807, 2.05) is 0 Å². The van der Waals surface area contributed by atoms with Gasteiger partial charge in [-0.2, -0.15) is 0 Å². The number of aliphatic hydroxyl groups excluding tert-OH is 1. The Labute approximate surface area is 91.5 Å². The molecule has 0 aliphatic heterocycles. The number of carboxylic acids is 2. The molecule has 0 aliphatic rings. The molecule has 0 bridgehead atoms. The fourth-order valence-corrected chi connectivity index (χ4v) is 1.51. The number of aryl methyl sites for hydroxylation is 1. The highest BCUT2D eigenvalue weighted by molar-refractivity contribution is 5.69. The third-order valence-electron chi connectivity index (χ3n) is 2.25. The van der Waals surface area contributed by atoms with Crippen LogP contribution in [0.2, 0.25) is 0 Å². The van der Waals surface area contributed by atoms with Crippen molar-refractivity contribution in [2.75, 3.05) is 0 Å². The Bertz CT molecular complexity index is 396. The lowest BCUT2D eigenvalue weighted by molar-refractivity contribution is -0.306.